The Labute approximate surface area is 140 Å². The minimum atomic E-state index is -0.583. The molecule has 1 amide bonds. The number of carbonyl (C=O) groups excluding carboxylic acids is 1. The molecule has 3 aromatic heterocycles. The highest BCUT2D eigenvalue weighted by atomic mass is 16.6. The second kappa shape index (κ2) is 7.27. The lowest BCUT2D eigenvalue weighted by atomic mass is 10.3. The van der Waals surface area contributed by atoms with E-state index in [4.69, 9.17) is 10.5 Å². The van der Waals surface area contributed by atoms with Crippen molar-refractivity contribution in [1.29, 1.82) is 0 Å². The fourth-order valence-corrected chi connectivity index (χ4v) is 1.91. The van der Waals surface area contributed by atoms with Crippen LogP contribution in [0, 0.1) is 0 Å². The van der Waals surface area contributed by atoms with Gasteiger partial charge < -0.3 is 10.5 Å². The summed E-state index contributed by atoms with van der Waals surface area (Å²) in [6.45, 7) is 0.0337. The number of amides is 1. The standard InChI is InChI=1S/C13H13N9O3/c1-24-7-9-10(17-21-22(9)12-11(14)19-25-20-12)13(23)18-16-6-8-4-2-3-5-15-8/h2-6H,7H2,1H3,(H2,14,19)(H,18,23). The lowest BCUT2D eigenvalue weighted by Gasteiger charge is -2.03. The van der Waals surface area contributed by atoms with E-state index in [1.165, 1.54) is 18.0 Å². The van der Waals surface area contributed by atoms with E-state index in [0.717, 1.165) is 0 Å². The van der Waals surface area contributed by atoms with Gasteiger partial charge >= 0.3 is 0 Å². The lowest BCUT2D eigenvalue weighted by molar-refractivity contribution is 0.0944. The molecule has 128 valence electrons. The first kappa shape index (κ1) is 16.2. The van der Waals surface area contributed by atoms with Crippen molar-refractivity contribution in [2.45, 2.75) is 6.61 Å². The van der Waals surface area contributed by atoms with Crippen LogP contribution in [0.1, 0.15) is 21.9 Å². The van der Waals surface area contributed by atoms with Crippen molar-refractivity contribution in [2.75, 3.05) is 12.8 Å². The van der Waals surface area contributed by atoms with Gasteiger partial charge in [0.05, 0.1) is 18.5 Å². The molecule has 0 atom stereocenters. The van der Waals surface area contributed by atoms with Crippen LogP contribution in [0.4, 0.5) is 5.82 Å². The van der Waals surface area contributed by atoms with Crippen LogP contribution in [0.5, 0.6) is 0 Å². The Morgan fingerprint density at radius 1 is 1.48 bits per heavy atom. The summed E-state index contributed by atoms with van der Waals surface area (Å²) in [5.41, 5.74) is 8.89. The highest BCUT2D eigenvalue weighted by Crippen LogP contribution is 2.16. The van der Waals surface area contributed by atoms with E-state index >= 15 is 0 Å². The molecule has 12 nitrogen and oxygen atoms in total. The van der Waals surface area contributed by atoms with Crippen LogP contribution >= 0.6 is 0 Å². The fraction of sp³-hybridized carbons (Fsp3) is 0.154. The van der Waals surface area contributed by atoms with E-state index < -0.39 is 5.91 Å². The molecule has 0 bridgehead atoms. The molecule has 0 fully saturated rings. The number of nitrogens with one attached hydrogen (secondary N) is 1. The van der Waals surface area contributed by atoms with E-state index in [9.17, 15) is 4.79 Å². The number of ether oxygens (including phenoxy) is 1. The molecule has 0 saturated carbocycles. The number of methoxy groups -OCH3 is 1. The van der Waals surface area contributed by atoms with Gasteiger partial charge in [-0.3, -0.25) is 9.78 Å². The van der Waals surface area contributed by atoms with E-state index in [2.05, 4.69) is 40.8 Å². The number of anilines is 1. The molecule has 0 spiro atoms. The summed E-state index contributed by atoms with van der Waals surface area (Å²) in [4.78, 5) is 16.3. The molecule has 0 aliphatic rings. The van der Waals surface area contributed by atoms with Gasteiger partial charge in [-0.1, -0.05) is 11.3 Å². The molecule has 25 heavy (non-hydrogen) atoms. The Kier molecular flexibility index (Phi) is 4.71. The van der Waals surface area contributed by atoms with Crippen LogP contribution in [0.15, 0.2) is 34.1 Å². The van der Waals surface area contributed by atoms with Gasteiger partial charge in [-0.2, -0.15) is 9.78 Å². The predicted molar refractivity (Wildman–Crippen MR) is 83.6 cm³/mol. The highest BCUT2D eigenvalue weighted by molar-refractivity contribution is 5.94. The zero-order chi connectivity index (χ0) is 17.6. The van der Waals surface area contributed by atoms with Gasteiger partial charge in [0.25, 0.3) is 5.91 Å². The maximum absolute atomic E-state index is 12.3. The predicted octanol–water partition coefficient (Wildman–Crippen LogP) is -0.462. The van der Waals surface area contributed by atoms with E-state index in [1.54, 1.807) is 24.4 Å². The monoisotopic (exact) mass is 343 g/mol. The Morgan fingerprint density at radius 3 is 3.04 bits per heavy atom. The minimum Gasteiger partial charge on any atom is -0.378 e. The average molecular weight is 343 g/mol. The number of nitrogen functional groups attached to an aromatic ring is 1. The Balaban J connectivity index is 1.82. The highest BCUT2D eigenvalue weighted by Gasteiger charge is 2.23. The SMILES string of the molecule is COCc1c(C(=O)NN=Cc2ccccn2)nnn1-c1nonc1N. The van der Waals surface area contributed by atoms with Crippen molar-refractivity contribution >= 4 is 17.9 Å². The zero-order valence-electron chi connectivity index (χ0n) is 13.0. The van der Waals surface area contributed by atoms with Crippen molar-refractivity contribution in [3.8, 4) is 5.82 Å². The van der Waals surface area contributed by atoms with Crippen molar-refractivity contribution in [3.05, 3.63) is 41.5 Å². The molecule has 0 aromatic carbocycles. The van der Waals surface area contributed by atoms with Gasteiger partial charge in [-0.15, -0.1) is 5.10 Å². The normalized spacial score (nSPS) is 11.1. The number of carbonyl (C=O) groups is 1. The Hall–Kier alpha value is -3.67. The number of pyridine rings is 1. The maximum atomic E-state index is 12.3. The van der Waals surface area contributed by atoms with Gasteiger partial charge in [0, 0.05) is 13.3 Å². The minimum absolute atomic E-state index is 0.00221. The van der Waals surface area contributed by atoms with Crippen molar-refractivity contribution in [3.63, 3.8) is 0 Å². The number of aromatic nitrogens is 6. The summed E-state index contributed by atoms with van der Waals surface area (Å²) >= 11 is 0. The first-order valence-corrected chi connectivity index (χ1v) is 6.97. The molecule has 3 rings (SSSR count). The molecule has 3 heterocycles. The molecule has 0 aliphatic heterocycles. The van der Waals surface area contributed by atoms with Crippen LogP contribution in [-0.4, -0.2) is 49.5 Å². The number of nitrogens with zero attached hydrogens (tertiary/aromatic N) is 7. The van der Waals surface area contributed by atoms with Gasteiger partial charge in [-0.05, 0) is 22.4 Å². The van der Waals surface area contributed by atoms with Crippen molar-refractivity contribution < 1.29 is 14.2 Å². The van der Waals surface area contributed by atoms with Crippen molar-refractivity contribution in [1.82, 2.24) is 35.7 Å². The van der Waals surface area contributed by atoms with E-state index in [1.807, 2.05) is 0 Å². The van der Waals surface area contributed by atoms with Gasteiger partial charge in [0.2, 0.25) is 11.6 Å². The maximum Gasteiger partial charge on any atom is 0.293 e. The lowest BCUT2D eigenvalue weighted by Crippen LogP contribution is -2.20. The van der Waals surface area contributed by atoms with Gasteiger partial charge in [0.15, 0.2) is 5.69 Å². The molecule has 0 saturated heterocycles. The summed E-state index contributed by atoms with van der Waals surface area (Å²) in [6.07, 6.45) is 3.01. The van der Waals surface area contributed by atoms with Gasteiger partial charge in [-0.25, -0.2) is 10.1 Å². The van der Waals surface area contributed by atoms with Crippen LogP contribution < -0.4 is 11.2 Å². The Bertz CT molecular complexity index is 887. The third kappa shape index (κ3) is 3.48. The molecular weight excluding hydrogens is 330 g/mol. The number of nitrogens with two attached hydrogens (primary N) is 1. The number of hydrogen-bond donors (Lipinski definition) is 2. The van der Waals surface area contributed by atoms with Crippen LogP contribution in [0.25, 0.3) is 5.82 Å². The molecule has 0 radical (unpaired) electrons. The summed E-state index contributed by atoms with van der Waals surface area (Å²) < 4.78 is 10.8. The summed E-state index contributed by atoms with van der Waals surface area (Å²) in [5, 5.41) is 18.6. The largest absolute Gasteiger partial charge is 0.378 e. The molecule has 0 unspecified atom stereocenters. The molecule has 3 N–H and O–H groups in total. The third-order valence-electron chi connectivity index (χ3n) is 3.01. The van der Waals surface area contributed by atoms with Gasteiger partial charge in [0.1, 0.15) is 5.69 Å². The summed E-state index contributed by atoms with van der Waals surface area (Å²) in [5.74, 6) is -0.474. The van der Waals surface area contributed by atoms with Crippen LogP contribution in [0.3, 0.4) is 0 Å². The first-order chi connectivity index (χ1) is 12.2. The second-order valence-electron chi connectivity index (χ2n) is 4.66. The first-order valence-electron chi connectivity index (χ1n) is 6.97. The second-order valence-corrected chi connectivity index (χ2v) is 4.66. The zero-order valence-corrected chi connectivity index (χ0v) is 13.0. The smallest absolute Gasteiger partial charge is 0.293 e. The average Bonchev–Trinajstić information content (AvgIpc) is 3.22. The number of hydrazone groups is 1. The quantitative estimate of drug-likeness (QED) is 0.446. The van der Waals surface area contributed by atoms with Crippen LogP contribution in [-0.2, 0) is 11.3 Å². The van der Waals surface area contributed by atoms with Crippen molar-refractivity contribution in [2.24, 2.45) is 5.10 Å². The molecule has 3 aromatic rings. The van der Waals surface area contributed by atoms with Crippen LogP contribution in [0.2, 0.25) is 0 Å². The number of rotatable bonds is 6. The molecule has 12 heteroatoms. The summed E-state index contributed by atoms with van der Waals surface area (Å²) in [7, 11) is 1.46. The van der Waals surface area contributed by atoms with E-state index in [0.29, 0.717) is 11.4 Å². The Morgan fingerprint density at radius 2 is 2.36 bits per heavy atom. The molecular formula is C13H13N9O3. The number of hydrogen-bond acceptors (Lipinski definition) is 10. The topological polar surface area (TPSA) is 159 Å². The molecule has 0 aliphatic carbocycles. The van der Waals surface area contributed by atoms with E-state index in [-0.39, 0.29) is 23.9 Å². The fourth-order valence-electron chi connectivity index (χ4n) is 1.91. The summed E-state index contributed by atoms with van der Waals surface area (Å²) in [6, 6.07) is 5.31. The third-order valence-corrected chi connectivity index (χ3v) is 3.01.